The molecule has 0 spiro atoms. The number of hydrazone groups is 1. The normalized spacial score (nSPS) is 12.0. The van der Waals surface area contributed by atoms with Crippen molar-refractivity contribution in [2.45, 2.75) is 4.90 Å². The van der Waals surface area contributed by atoms with E-state index in [0.29, 0.717) is 0 Å². The molecule has 0 unspecified atom stereocenters. The second kappa shape index (κ2) is 7.69. The predicted molar refractivity (Wildman–Crippen MR) is 106 cm³/mol. The van der Waals surface area contributed by atoms with Gasteiger partial charge in [0.25, 0.3) is 5.91 Å². The van der Waals surface area contributed by atoms with Crippen molar-refractivity contribution >= 4 is 32.9 Å². The van der Waals surface area contributed by atoms with Gasteiger partial charge in [0.2, 0.25) is 10.0 Å². The maximum absolute atomic E-state index is 12.3. The minimum Gasteiger partial charge on any atom is -0.267 e. The topological polar surface area (TPSA) is 78.8 Å². The fraction of sp³-hybridized carbons (Fsp3) is 0.100. The Hall–Kier alpha value is -3.03. The van der Waals surface area contributed by atoms with E-state index in [1.54, 1.807) is 6.21 Å². The molecule has 0 aromatic heterocycles. The van der Waals surface area contributed by atoms with Crippen molar-refractivity contribution in [1.29, 1.82) is 0 Å². The Morgan fingerprint density at radius 3 is 2.44 bits per heavy atom. The van der Waals surface area contributed by atoms with Gasteiger partial charge in [0.1, 0.15) is 0 Å². The molecule has 1 amide bonds. The first kappa shape index (κ1) is 18.8. The number of carbonyl (C=O) groups is 1. The van der Waals surface area contributed by atoms with E-state index in [2.05, 4.69) is 10.5 Å². The van der Waals surface area contributed by atoms with E-state index < -0.39 is 15.9 Å². The first-order valence-electron chi connectivity index (χ1n) is 8.23. The Morgan fingerprint density at radius 2 is 1.70 bits per heavy atom. The third-order valence-corrected chi connectivity index (χ3v) is 5.84. The van der Waals surface area contributed by atoms with Gasteiger partial charge < -0.3 is 0 Å². The van der Waals surface area contributed by atoms with Crippen molar-refractivity contribution in [3.8, 4) is 0 Å². The van der Waals surface area contributed by atoms with Crippen LogP contribution in [0.2, 0.25) is 0 Å². The number of fused-ring (bicyclic) bond motifs is 1. The van der Waals surface area contributed by atoms with Gasteiger partial charge in [-0.1, -0.05) is 42.5 Å². The smallest absolute Gasteiger partial charge is 0.267 e. The lowest BCUT2D eigenvalue weighted by molar-refractivity contribution is 0.0955. The second-order valence-corrected chi connectivity index (χ2v) is 8.27. The molecule has 138 valence electrons. The number of nitrogens with zero attached hydrogens (tertiary/aromatic N) is 2. The van der Waals surface area contributed by atoms with Gasteiger partial charge in [-0.05, 0) is 40.6 Å². The van der Waals surface area contributed by atoms with Gasteiger partial charge >= 0.3 is 0 Å². The van der Waals surface area contributed by atoms with E-state index in [9.17, 15) is 13.2 Å². The molecule has 6 nitrogen and oxygen atoms in total. The largest absolute Gasteiger partial charge is 0.271 e. The highest BCUT2D eigenvalue weighted by molar-refractivity contribution is 7.89. The van der Waals surface area contributed by atoms with Crippen LogP contribution in [-0.4, -0.2) is 38.9 Å². The van der Waals surface area contributed by atoms with E-state index in [4.69, 9.17) is 0 Å². The zero-order chi connectivity index (χ0) is 19.4. The number of amides is 1. The van der Waals surface area contributed by atoms with Crippen molar-refractivity contribution in [3.63, 3.8) is 0 Å². The summed E-state index contributed by atoms with van der Waals surface area (Å²) in [5, 5.41) is 6.17. The van der Waals surface area contributed by atoms with E-state index in [0.717, 1.165) is 20.6 Å². The summed E-state index contributed by atoms with van der Waals surface area (Å²) in [6, 6.07) is 19.6. The Morgan fingerprint density at radius 1 is 0.963 bits per heavy atom. The summed E-state index contributed by atoms with van der Waals surface area (Å²) in [7, 11) is -0.721. The van der Waals surface area contributed by atoms with E-state index in [-0.39, 0.29) is 10.5 Å². The molecule has 0 fully saturated rings. The summed E-state index contributed by atoms with van der Waals surface area (Å²) >= 11 is 0. The van der Waals surface area contributed by atoms with E-state index in [1.165, 1.54) is 38.4 Å². The van der Waals surface area contributed by atoms with Crippen molar-refractivity contribution in [3.05, 3.63) is 77.9 Å². The van der Waals surface area contributed by atoms with Crippen LogP contribution >= 0.6 is 0 Å². The molecule has 0 bridgehead atoms. The van der Waals surface area contributed by atoms with Crippen LogP contribution in [0.4, 0.5) is 0 Å². The van der Waals surface area contributed by atoms with Crippen molar-refractivity contribution in [1.82, 2.24) is 9.73 Å². The molecule has 0 aliphatic heterocycles. The predicted octanol–water partition coefficient (Wildman–Crippen LogP) is 2.85. The number of hydrogen-bond donors (Lipinski definition) is 1. The minimum atomic E-state index is -3.60. The number of rotatable bonds is 5. The SMILES string of the molecule is CN(C)S(=O)(=O)c1cccc(C(=O)N/N=C\c2ccc3ccccc3c2)c1. The number of sulfonamides is 1. The van der Waals surface area contributed by atoms with Gasteiger partial charge in [0.15, 0.2) is 0 Å². The van der Waals surface area contributed by atoms with Crippen molar-refractivity contribution in [2.75, 3.05) is 14.1 Å². The zero-order valence-corrected chi connectivity index (χ0v) is 15.8. The first-order chi connectivity index (χ1) is 12.9. The summed E-state index contributed by atoms with van der Waals surface area (Å²) in [6.45, 7) is 0. The summed E-state index contributed by atoms with van der Waals surface area (Å²) < 4.78 is 25.5. The Labute approximate surface area is 158 Å². The third-order valence-electron chi connectivity index (χ3n) is 4.03. The standard InChI is InChI=1S/C20H19N3O3S/c1-23(2)27(25,26)19-9-5-8-18(13-19)20(24)22-21-14-15-10-11-16-6-3-4-7-17(16)12-15/h3-14H,1-2H3,(H,22,24)/b21-14-. The number of benzene rings is 3. The van der Waals surface area contributed by atoms with Gasteiger partial charge in [-0.15, -0.1) is 0 Å². The zero-order valence-electron chi connectivity index (χ0n) is 15.0. The highest BCUT2D eigenvalue weighted by Crippen LogP contribution is 2.16. The van der Waals surface area contributed by atoms with Crippen LogP contribution in [0.25, 0.3) is 10.8 Å². The van der Waals surface area contributed by atoms with Gasteiger partial charge in [0.05, 0.1) is 11.1 Å². The highest BCUT2D eigenvalue weighted by atomic mass is 32.2. The van der Waals surface area contributed by atoms with Crippen LogP contribution in [0.1, 0.15) is 15.9 Å². The van der Waals surface area contributed by atoms with Crippen molar-refractivity contribution in [2.24, 2.45) is 5.10 Å². The van der Waals surface area contributed by atoms with Gasteiger partial charge in [-0.3, -0.25) is 4.79 Å². The van der Waals surface area contributed by atoms with Crippen LogP contribution in [0, 0.1) is 0 Å². The number of nitrogens with one attached hydrogen (secondary N) is 1. The van der Waals surface area contributed by atoms with E-state index >= 15 is 0 Å². The average Bonchev–Trinajstić information content (AvgIpc) is 2.67. The lowest BCUT2D eigenvalue weighted by Crippen LogP contribution is -2.23. The molecule has 27 heavy (non-hydrogen) atoms. The van der Waals surface area contributed by atoms with Gasteiger partial charge in [-0.2, -0.15) is 5.10 Å². The van der Waals surface area contributed by atoms with Gasteiger partial charge in [-0.25, -0.2) is 18.1 Å². The minimum absolute atomic E-state index is 0.0543. The lowest BCUT2D eigenvalue weighted by atomic mass is 10.1. The maximum atomic E-state index is 12.3. The Balaban J connectivity index is 1.74. The summed E-state index contributed by atoms with van der Waals surface area (Å²) in [6.07, 6.45) is 1.55. The molecule has 0 saturated heterocycles. The lowest BCUT2D eigenvalue weighted by Gasteiger charge is -2.11. The first-order valence-corrected chi connectivity index (χ1v) is 9.67. The summed E-state index contributed by atoms with van der Waals surface area (Å²) in [4.78, 5) is 12.3. The van der Waals surface area contributed by atoms with Crippen LogP contribution in [0.5, 0.6) is 0 Å². The molecule has 3 aromatic carbocycles. The summed E-state index contributed by atoms with van der Waals surface area (Å²) in [5.74, 6) is -0.483. The molecular formula is C20H19N3O3S. The van der Waals surface area contributed by atoms with Crippen LogP contribution in [0.3, 0.4) is 0 Å². The molecule has 0 heterocycles. The molecule has 0 aliphatic rings. The molecular weight excluding hydrogens is 362 g/mol. The van der Waals surface area contributed by atoms with E-state index in [1.807, 2.05) is 42.5 Å². The Bertz CT molecular complexity index is 1120. The third kappa shape index (κ3) is 4.21. The number of hydrogen-bond acceptors (Lipinski definition) is 4. The Kier molecular flexibility index (Phi) is 5.34. The van der Waals surface area contributed by atoms with Crippen LogP contribution in [-0.2, 0) is 10.0 Å². The fourth-order valence-corrected chi connectivity index (χ4v) is 3.47. The molecule has 3 aromatic rings. The molecule has 0 radical (unpaired) electrons. The van der Waals surface area contributed by atoms with Crippen molar-refractivity contribution < 1.29 is 13.2 Å². The molecule has 0 atom stereocenters. The maximum Gasteiger partial charge on any atom is 0.271 e. The monoisotopic (exact) mass is 381 g/mol. The molecule has 1 N–H and O–H groups in total. The molecule has 0 aliphatic carbocycles. The molecule has 0 saturated carbocycles. The fourth-order valence-electron chi connectivity index (χ4n) is 2.53. The average molecular weight is 381 g/mol. The van der Waals surface area contributed by atoms with Crippen LogP contribution < -0.4 is 5.43 Å². The highest BCUT2D eigenvalue weighted by Gasteiger charge is 2.18. The molecule has 3 rings (SSSR count). The van der Waals surface area contributed by atoms with Gasteiger partial charge in [0, 0.05) is 19.7 Å². The quantitative estimate of drug-likeness (QED) is 0.545. The van der Waals surface area contributed by atoms with Crippen LogP contribution in [0.15, 0.2) is 76.7 Å². The molecule has 7 heteroatoms. The second-order valence-electron chi connectivity index (χ2n) is 6.12. The summed E-state index contributed by atoms with van der Waals surface area (Å²) in [5.41, 5.74) is 3.49. The number of carbonyl (C=O) groups excluding carboxylic acids is 1.